The first kappa shape index (κ1) is 15.6. The van der Waals surface area contributed by atoms with Crippen LogP contribution in [0, 0.1) is 11.6 Å². The summed E-state index contributed by atoms with van der Waals surface area (Å²) in [6, 6.07) is 3.92. The van der Waals surface area contributed by atoms with Gasteiger partial charge in [-0.05, 0) is 24.6 Å². The van der Waals surface area contributed by atoms with E-state index < -0.39 is 11.6 Å². The number of carbonyl (C=O) groups is 1. The van der Waals surface area contributed by atoms with Crippen molar-refractivity contribution in [3.8, 4) is 0 Å². The molecule has 19 heavy (non-hydrogen) atoms. The molecule has 0 atom stereocenters. The van der Waals surface area contributed by atoms with Crippen LogP contribution in [0.15, 0.2) is 18.2 Å². The molecular weight excluding hydrogens is 250 g/mol. The van der Waals surface area contributed by atoms with E-state index >= 15 is 0 Å². The molecule has 0 spiro atoms. The Bertz CT molecular complexity index is 435. The van der Waals surface area contributed by atoms with Crippen LogP contribution in [0.4, 0.5) is 8.78 Å². The topological polar surface area (TPSA) is 32.3 Å². The third kappa shape index (κ3) is 4.95. The summed E-state index contributed by atoms with van der Waals surface area (Å²) in [7, 11) is 0. The van der Waals surface area contributed by atoms with Crippen molar-refractivity contribution in [3.05, 3.63) is 35.4 Å². The molecule has 0 heterocycles. The monoisotopic (exact) mass is 270 g/mol. The molecule has 0 aliphatic heterocycles. The molecule has 0 aliphatic carbocycles. The fourth-order valence-corrected chi connectivity index (χ4v) is 1.64. The number of hydrogen-bond donors (Lipinski definition) is 1. The molecule has 0 bridgehead atoms. The fraction of sp³-hybridized carbons (Fsp3) is 0.500. The van der Waals surface area contributed by atoms with Crippen LogP contribution in [0.5, 0.6) is 0 Å². The highest BCUT2D eigenvalue weighted by atomic mass is 19.2. The third-order valence-corrected chi connectivity index (χ3v) is 2.75. The summed E-state index contributed by atoms with van der Waals surface area (Å²) < 4.78 is 25.9. The molecule has 0 fully saturated rings. The smallest absolute Gasteiger partial charge is 0.236 e. The molecule has 0 saturated heterocycles. The number of rotatable bonds is 6. The van der Waals surface area contributed by atoms with Gasteiger partial charge in [0.15, 0.2) is 11.6 Å². The third-order valence-electron chi connectivity index (χ3n) is 2.75. The molecule has 5 heteroatoms. The van der Waals surface area contributed by atoms with E-state index in [1.165, 1.54) is 6.07 Å². The van der Waals surface area contributed by atoms with E-state index in [2.05, 4.69) is 5.32 Å². The molecule has 106 valence electrons. The van der Waals surface area contributed by atoms with Crippen molar-refractivity contribution in [1.29, 1.82) is 0 Å². The van der Waals surface area contributed by atoms with Gasteiger partial charge in [-0.3, -0.25) is 4.79 Å². The van der Waals surface area contributed by atoms with Crippen molar-refractivity contribution >= 4 is 5.91 Å². The Balaban J connectivity index is 2.65. The lowest BCUT2D eigenvalue weighted by atomic mass is 10.2. The molecule has 0 radical (unpaired) electrons. The number of likely N-dealkylation sites (N-methyl/N-ethyl adjacent to an activating group) is 1. The van der Waals surface area contributed by atoms with Crippen molar-refractivity contribution in [3.63, 3.8) is 0 Å². The first-order chi connectivity index (χ1) is 8.93. The Morgan fingerprint density at radius 2 is 2.00 bits per heavy atom. The van der Waals surface area contributed by atoms with Crippen LogP contribution in [0.3, 0.4) is 0 Å². The van der Waals surface area contributed by atoms with E-state index in [1.54, 1.807) is 4.90 Å². The normalized spacial score (nSPS) is 10.8. The lowest BCUT2D eigenvalue weighted by Crippen LogP contribution is -2.39. The van der Waals surface area contributed by atoms with Gasteiger partial charge in [-0.1, -0.05) is 19.9 Å². The highest BCUT2D eigenvalue weighted by Crippen LogP contribution is 2.11. The summed E-state index contributed by atoms with van der Waals surface area (Å²) in [5, 5.41) is 3.04. The Morgan fingerprint density at radius 1 is 1.32 bits per heavy atom. The fourth-order valence-electron chi connectivity index (χ4n) is 1.64. The van der Waals surface area contributed by atoms with Gasteiger partial charge in [0.25, 0.3) is 0 Å². The molecule has 3 nitrogen and oxygen atoms in total. The second-order valence-corrected chi connectivity index (χ2v) is 4.69. The minimum absolute atomic E-state index is 0.0547. The Morgan fingerprint density at radius 3 is 2.53 bits per heavy atom. The highest BCUT2D eigenvalue weighted by Gasteiger charge is 2.13. The first-order valence-corrected chi connectivity index (χ1v) is 6.39. The largest absolute Gasteiger partial charge is 0.338 e. The van der Waals surface area contributed by atoms with Crippen molar-refractivity contribution in [2.75, 3.05) is 13.1 Å². The van der Waals surface area contributed by atoms with Gasteiger partial charge in [0.05, 0.1) is 6.54 Å². The summed E-state index contributed by atoms with van der Waals surface area (Å²) in [4.78, 5) is 13.5. The highest BCUT2D eigenvalue weighted by molar-refractivity contribution is 5.78. The standard InChI is InChI=1S/C14H20F2N2O/c1-4-18(14(19)8-17-10(2)3)9-11-5-6-12(15)13(16)7-11/h5-7,10,17H,4,8-9H2,1-3H3. The quantitative estimate of drug-likeness (QED) is 0.860. The van der Waals surface area contributed by atoms with E-state index in [4.69, 9.17) is 0 Å². The number of nitrogens with zero attached hydrogens (tertiary/aromatic N) is 1. The maximum absolute atomic E-state index is 13.1. The summed E-state index contributed by atoms with van der Waals surface area (Å²) in [6.45, 7) is 6.82. The van der Waals surface area contributed by atoms with Crippen LogP contribution in [-0.2, 0) is 11.3 Å². The number of nitrogens with one attached hydrogen (secondary N) is 1. The van der Waals surface area contributed by atoms with Crippen LogP contribution >= 0.6 is 0 Å². The van der Waals surface area contributed by atoms with Crippen molar-refractivity contribution in [2.45, 2.75) is 33.4 Å². The van der Waals surface area contributed by atoms with Crippen LogP contribution in [0.1, 0.15) is 26.3 Å². The van der Waals surface area contributed by atoms with Crippen LogP contribution in [-0.4, -0.2) is 29.9 Å². The SMILES string of the molecule is CCN(Cc1ccc(F)c(F)c1)C(=O)CNC(C)C. The lowest BCUT2D eigenvalue weighted by molar-refractivity contribution is -0.130. The Hall–Kier alpha value is -1.49. The number of amides is 1. The van der Waals surface area contributed by atoms with Crippen LogP contribution in [0.25, 0.3) is 0 Å². The zero-order chi connectivity index (χ0) is 14.4. The summed E-state index contributed by atoms with van der Waals surface area (Å²) in [5.41, 5.74) is 0.582. The zero-order valence-corrected chi connectivity index (χ0v) is 11.5. The minimum Gasteiger partial charge on any atom is -0.338 e. The van der Waals surface area contributed by atoms with Gasteiger partial charge < -0.3 is 10.2 Å². The van der Waals surface area contributed by atoms with Crippen molar-refractivity contribution < 1.29 is 13.6 Å². The van der Waals surface area contributed by atoms with Crippen molar-refractivity contribution in [2.24, 2.45) is 0 Å². The molecular formula is C14H20F2N2O. The summed E-state index contributed by atoms with van der Waals surface area (Å²) in [6.07, 6.45) is 0. The molecule has 1 aromatic rings. The summed E-state index contributed by atoms with van der Waals surface area (Å²) >= 11 is 0. The molecule has 0 aliphatic rings. The molecule has 1 amide bonds. The molecule has 0 saturated carbocycles. The minimum atomic E-state index is -0.888. The zero-order valence-electron chi connectivity index (χ0n) is 11.5. The van der Waals surface area contributed by atoms with Gasteiger partial charge in [0.1, 0.15) is 0 Å². The maximum atomic E-state index is 13.1. The van der Waals surface area contributed by atoms with Gasteiger partial charge in [-0.25, -0.2) is 8.78 Å². The molecule has 0 aromatic heterocycles. The van der Waals surface area contributed by atoms with E-state index in [0.29, 0.717) is 12.1 Å². The number of benzene rings is 1. The van der Waals surface area contributed by atoms with Crippen molar-refractivity contribution in [1.82, 2.24) is 10.2 Å². The van der Waals surface area contributed by atoms with E-state index in [1.807, 2.05) is 20.8 Å². The molecule has 1 aromatic carbocycles. The van der Waals surface area contributed by atoms with Gasteiger partial charge in [0, 0.05) is 19.1 Å². The average molecular weight is 270 g/mol. The first-order valence-electron chi connectivity index (χ1n) is 6.39. The molecule has 1 rings (SSSR count). The molecule has 1 N–H and O–H groups in total. The average Bonchev–Trinajstić information content (AvgIpc) is 2.37. The predicted molar refractivity (Wildman–Crippen MR) is 70.6 cm³/mol. The van der Waals surface area contributed by atoms with Gasteiger partial charge in [-0.15, -0.1) is 0 Å². The second kappa shape index (κ2) is 7.19. The number of hydrogen-bond acceptors (Lipinski definition) is 2. The summed E-state index contributed by atoms with van der Waals surface area (Å²) in [5.74, 6) is -1.82. The maximum Gasteiger partial charge on any atom is 0.236 e. The van der Waals surface area contributed by atoms with Gasteiger partial charge >= 0.3 is 0 Å². The second-order valence-electron chi connectivity index (χ2n) is 4.69. The lowest BCUT2D eigenvalue weighted by Gasteiger charge is -2.22. The van der Waals surface area contributed by atoms with E-state index in [0.717, 1.165) is 12.1 Å². The Labute approximate surface area is 112 Å². The predicted octanol–water partition coefficient (Wildman–Crippen LogP) is 2.31. The van der Waals surface area contributed by atoms with Crippen LogP contribution in [0.2, 0.25) is 0 Å². The number of halogens is 2. The van der Waals surface area contributed by atoms with Crippen LogP contribution < -0.4 is 5.32 Å². The van der Waals surface area contributed by atoms with E-state index in [-0.39, 0.29) is 25.0 Å². The molecule has 0 unspecified atom stereocenters. The van der Waals surface area contributed by atoms with Gasteiger partial charge in [-0.2, -0.15) is 0 Å². The van der Waals surface area contributed by atoms with E-state index in [9.17, 15) is 13.6 Å². The Kier molecular flexibility index (Phi) is 5.89. The number of carbonyl (C=O) groups excluding carboxylic acids is 1. The van der Waals surface area contributed by atoms with Gasteiger partial charge in [0.2, 0.25) is 5.91 Å².